The van der Waals surface area contributed by atoms with E-state index in [1.54, 1.807) is 5.57 Å². The van der Waals surface area contributed by atoms with Crippen molar-refractivity contribution < 1.29 is 21.7 Å². The SMILES string of the molecule is CCC1=CC=CC1CC.[Ti]. The molecule has 54 valence electrons. The summed E-state index contributed by atoms with van der Waals surface area (Å²) in [6.07, 6.45) is 9.18. The smallest absolute Gasteiger partial charge is 0 e. The average molecular weight is 170 g/mol. The summed E-state index contributed by atoms with van der Waals surface area (Å²) < 4.78 is 0. The summed E-state index contributed by atoms with van der Waals surface area (Å²) >= 11 is 0. The Labute approximate surface area is 78.3 Å². The monoisotopic (exact) mass is 170 g/mol. The molecule has 0 N–H and O–H groups in total. The van der Waals surface area contributed by atoms with Gasteiger partial charge in [-0.3, -0.25) is 0 Å². The second-order valence-electron chi connectivity index (χ2n) is 2.49. The zero-order chi connectivity index (χ0) is 6.69. The summed E-state index contributed by atoms with van der Waals surface area (Å²) in [7, 11) is 0. The fraction of sp³-hybridized carbons (Fsp3) is 0.556. The van der Waals surface area contributed by atoms with E-state index in [-0.39, 0.29) is 21.7 Å². The zero-order valence-electron chi connectivity index (χ0n) is 6.72. The van der Waals surface area contributed by atoms with E-state index in [4.69, 9.17) is 0 Å². The van der Waals surface area contributed by atoms with Gasteiger partial charge in [0.15, 0.2) is 0 Å². The Morgan fingerprint density at radius 2 is 2.10 bits per heavy atom. The molecule has 0 aromatic rings. The number of hydrogen-bond acceptors (Lipinski definition) is 0. The summed E-state index contributed by atoms with van der Waals surface area (Å²) in [5.41, 5.74) is 1.59. The summed E-state index contributed by atoms with van der Waals surface area (Å²) in [5, 5.41) is 0. The third-order valence-corrected chi connectivity index (χ3v) is 1.98. The van der Waals surface area contributed by atoms with Crippen molar-refractivity contribution in [2.45, 2.75) is 26.7 Å². The maximum atomic E-state index is 2.29. The molecule has 0 saturated heterocycles. The van der Waals surface area contributed by atoms with Crippen LogP contribution in [-0.2, 0) is 21.7 Å². The third kappa shape index (κ3) is 2.11. The van der Waals surface area contributed by atoms with Crippen LogP contribution >= 0.6 is 0 Å². The Morgan fingerprint density at radius 1 is 1.40 bits per heavy atom. The molecule has 1 heteroatoms. The van der Waals surface area contributed by atoms with Crippen LogP contribution in [0.3, 0.4) is 0 Å². The van der Waals surface area contributed by atoms with Gasteiger partial charge < -0.3 is 0 Å². The number of allylic oxidation sites excluding steroid dienone is 4. The predicted octanol–water partition coefficient (Wildman–Crippen LogP) is 2.92. The summed E-state index contributed by atoms with van der Waals surface area (Å²) in [5.74, 6) is 0.759. The molecule has 0 nitrogen and oxygen atoms in total. The van der Waals surface area contributed by atoms with Crippen LogP contribution in [0.4, 0.5) is 0 Å². The van der Waals surface area contributed by atoms with Crippen molar-refractivity contribution in [3.05, 3.63) is 23.8 Å². The van der Waals surface area contributed by atoms with Gasteiger partial charge in [-0.1, -0.05) is 37.6 Å². The van der Waals surface area contributed by atoms with Gasteiger partial charge in [-0.2, -0.15) is 0 Å². The van der Waals surface area contributed by atoms with E-state index in [0.717, 1.165) is 5.92 Å². The molecule has 0 aromatic carbocycles. The molecule has 0 aliphatic heterocycles. The molecular formula is C9H14Ti. The molecule has 10 heavy (non-hydrogen) atoms. The van der Waals surface area contributed by atoms with Crippen LogP contribution in [0.15, 0.2) is 23.8 Å². The van der Waals surface area contributed by atoms with Crippen LogP contribution in [0.25, 0.3) is 0 Å². The quantitative estimate of drug-likeness (QED) is 0.559. The molecule has 1 atom stereocenters. The minimum absolute atomic E-state index is 0. The van der Waals surface area contributed by atoms with Gasteiger partial charge in [0.1, 0.15) is 0 Å². The molecule has 1 unspecified atom stereocenters. The summed E-state index contributed by atoms with van der Waals surface area (Å²) in [6, 6.07) is 0. The van der Waals surface area contributed by atoms with Gasteiger partial charge in [0.2, 0.25) is 0 Å². The van der Waals surface area contributed by atoms with Crippen LogP contribution < -0.4 is 0 Å². The van der Waals surface area contributed by atoms with Crippen molar-refractivity contribution in [1.29, 1.82) is 0 Å². The van der Waals surface area contributed by atoms with E-state index >= 15 is 0 Å². The first kappa shape index (κ1) is 10.2. The van der Waals surface area contributed by atoms with Crippen LogP contribution in [0, 0.1) is 5.92 Å². The second kappa shape index (κ2) is 4.93. The minimum atomic E-state index is 0. The van der Waals surface area contributed by atoms with Crippen LogP contribution in [0.1, 0.15) is 26.7 Å². The van der Waals surface area contributed by atoms with Gasteiger partial charge in [0, 0.05) is 21.7 Å². The van der Waals surface area contributed by atoms with E-state index in [1.165, 1.54) is 12.8 Å². The maximum Gasteiger partial charge on any atom is 0 e. The second-order valence-corrected chi connectivity index (χ2v) is 2.49. The predicted molar refractivity (Wildman–Crippen MR) is 41.3 cm³/mol. The summed E-state index contributed by atoms with van der Waals surface area (Å²) in [4.78, 5) is 0. The Morgan fingerprint density at radius 3 is 2.50 bits per heavy atom. The normalized spacial score (nSPS) is 22.2. The Hall–Kier alpha value is 0.194. The average Bonchev–Trinajstić information content (AvgIpc) is 2.33. The van der Waals surface area contributed by atoms with E-state index in [2.05, 4.69) is 32.1 Å². The molecule has 0 bridgehead atoms. The van der Waals surface area contributed by atoms with Gasteiger partial charge in [-0.05, 0) is 18.8 Å². The number of rotatable bonds is 2. The topological polar surface area (TPSA) is 0 Å². The third-order valence-electron chi connectivity index (χ3n) is 1.98. The fourth-order valence-electron chi connectivity index (χ4n) is 1.34. The van der Waals surface area contributed by atoms with Crippen molar-refractivity contribution in [3.8, 4) is 0 Å². The van der Waals surface area contributed by atoms with Gasteiger partial charge in [-0.15, -0.1) is 0 Å². The minimum Gasteiger partial charge on any atom is -0.0773 e. The molecule has 0 heterocycles. The van der Waals surface area contributed by atoms with Crippen molar-refractivity contribution in [3.63, 3.8) is 0 Å². The Kier molecular flexibility index (Phi) is 5.02. The van der Waals surface area contributed by atoms with E-state index in [1.807, 2.05) is 0 Å². The van der Waals surface area contributed by atoms with Crippen LogP contribution in [0.5, 0.6) is 0 Å². The molecule has 0 aromatic heterocycles. The molecule has 0 radical (unpaired) electrons. The van der Waals surface area contributed by atoms with E-state index in [9.17, 15) is 0 Å². The van der Waals surface area contributed by atoms with Crippen LogP contribution in [0.2, 0.25) is 0 Å². The van der Waals surface area contributed by atoms with Crippen LogP contribution in [-0.4, -0.2) is 0 Å². The first-order chi connectivity index (χ1) is 4.38. The molecule has 0 amide bonds. The molecule has 0 fully saturated rings. The van der Waals surface area contributed by atoms with Gasteiger partial charge in [-0.25, -0.2) is 0 Å². The molecule has 0 saturated carbocycles. The largest absolute Gasteiger partial charge is 0.0773 e. The Balaban J connectivity index is 0.000000810. The molecule has 0 spiro atoms. The molecular weight excluding hydrogens is 156 g/mol. The first-order valence-corrected chi connectivity index (χ1v) is 3.75. The maximum absolute atomic E-state index is 2.29. The van der Waals surface area contributed by atoms with Crippen molar-refractivity contribution in [2.75, 3.05) is 0 Å². The van der Waals surface area contributed by atoms with Crippen molar-refractivity contribution in [2.24, 2.45) is 5.92 Å². The Bertz CT molecular complexity index is 145. The zero-order valence-corrected chi connectivity index (χ0v) is 8.29. The molecule has 1 aliphatic rings. The van der Waals surface area contributed by atoms with E-state index < -0.39 is 0 Å². The fourth-order valence-corrected chi connectivity index (χ4v) is 1.34. The summed E-state index contributed by atoms with van der Waals surface area (Å²) in [6.45, 7) is 4.46. The van der Waals surface area contributed by atoms with Crippen molar-refractivity contribution in [1.82, 2.24) is 0 Å². The van der Waals surface area contributed by atoms with Gasteiger partial charge >= 0.3 is 0 Å². The first-order valence-electron chi connectivity index (χ1n) is 3.75. The standard InChI is InChI=1S/C9H14.Ti/c1-3-8-6-5-7-9(8)4-2;/h5-8H,3-4H2,1-2H3;. The number of hydrogen-bond donors (Lipinski definition) is 0. The van der Waals surface area contributed by atoms with E-state index in [0.29, 0.717) is 0 Å². The van der Waals surface area contributed by atoms with Gasteiger partial charge in [0.05, 0.1) is 0 Å². The van der Waals surface area contributed by atoms with Gasteiger partial charge in [0.25, 0.3) is 0 Å². The molecule has 1 aliphatic carbocycles. The molecule has 1 rings (SSSR count). The van der Waals surface area contributed by atoms with Crippen molar-refractivity contribution >= 4 is 0 Å².